The van der Waals surface area contributed by atoms with Crippen LogP contribution in [0.1, 0.15) is 26.2 Å². The van der Waals surface area contributed by atoms with E-state index in [1.165, 1.54) is 0 Å². The van der Waals surface area contributed by atoms with Gasteiger partial charge in [0.1, 0.15) is 0 Å². The van der Waals surface area contributed by atoms with Crippen LogP contribution < -0.4 is 5.32 Å². The molecule has 0 fully saturated rings. The Balaban J connectivity index is 0.00000576. The van der Waals surface area contributed by atoms with Gasteiger partial charge in [-0.25, -0.2) is 8.42 Å². The second-order valence-corrected chi connectivity index (χ2v) is 7.78. The highest BCUT2D eigenvalue weighted by molar-refractivity contribution is 14.0. The van der Waals surface area contributed by atoms with Gasteiger partial charge in [-0.05, 0) is 31.4 Å². The molecule has 0 bridgehead atoms. The molecule has 25 heavy (non-hydrogen) atoms. The van der Waals surface area contributed by atoms with Crippen molar-refractivity contribution in [1.82, 2.24) is 10.2 Å². The van der Waals surface area contributed by atoms with Crippen molar-refractivity contribution >= 4 is 39.8 Å². The molecule has 0 heterocycles. The fraction of sp³-hybridized carbons (Fsp3) is 0.500. The van der Waals surface area contributed by atoms with Crippen LogP contribution in [0.15, 0.2) is 52.9 Å². The first-order chi connectivity index (χ1) is 11.4. The number of hydrogen-bond acceptors (Lipinski definition) is 3. The van der Waals surface area contributed by atoms with E-state index in [0.29, 0.717) is 17.3 Å². The third-order valence-electron chi connectivity index (χ3n) is 3.82. The summed E-state index contributed by atoms with van der Waals surface area (Å²) in [6, 6.07) is 8.39. The number of rotatable bonds is 9. The minimum atomic E-state index is -3.32. The molecule has 0 aliphatic rings. The SMILES string of the molecule is C=CCCCN(C)C(=NC)NC(CC)CS(=O)(=O)c1ccccc1.I. The molecule has 142 valence electrons. The van der Waals surface area contributed by atoms with Crippen LogP contribution in [0.4, 0.5) is 0 Å². The van der Waals surface area contributed by atoms with Gasteiger partial charge in [0.2, 0.25) is 0 Å². The lowest BCUT2D eigenvalue weighted by Gasteiger charge is -2.26. The molecule has 0 aromatic heterocycles. The van der Waals surface area contributed by atoms with Gasteiger partial charge in [0.05, 0.1) is 10.6 Å². The summed E-state index contributed by atoms with van der Waals surface area (Å²) in [5.41, 5.74) is 0. The molecule has 0 saturated heterocycles. The highest BCUT2D eigenvalue weighted by Crippen LogP contribution is 2.12. The maximum absolute atomic E-state index is 12.5. The van der Waals surface area contributed by atoms with E-state index >= 15 is 0 Å². The number of sulfone groups is 1. The molecule has 1 unspecified atom stereocenters. The summed E-state index contributed by atoms with van der Waals surface area (Å²) in [7, 11) is 0.347. The zero-order valence-corrected chi connectivity index (χ0v) is 18.5. The molecule has 1 atom stereocenters. The molecule has 0 saturated carbocycles. The van der Waals surface area contributed by atoms with Crippen molar-refractivity contribution in [1.29, 1.82) is 0 Å². The standard InChI is InChI=1S/C18H29N3O2S.HI/c1-5-7-11-14-21(4)18(19-3)20-16(6-2)15-24(22,23)17-12-9-8-10-13-17;/h5,8-10,12-13,16H,1,6-7,11,14-15H2,2-4H3,(H,19,20);1H. The molecule has 0 spiro atoms. The zero-order valence-electron chi connectivity index (χ0n) is 15.3. The van der Waals surface area contributed by atoms with Gasteiger partial charge in [-0.1, -0.05) is 31.2 Å². The summed E-state index contributed by atoms with van der Waals surface area (Å²) in [5, 5.41) is 3.28. The normalized spacial score (nSPS) is 12.8. The van der Waals surface area contributed by atoms with Crippen molar-refractivity contribution in [2.45, 2.75) is 37.1 Å². The number of nitrogens with zero attached hydrogens (tertiary/aromatic N) is 2. The van der Waals surface area contributed by atoms with Gasteiger partial charge in [0.25, 0.3) is 0 Å². The van der Waals surface area contributed by atoms with Crippen LogP contribution in [-0.2, 0) is 9.84 Å². The first-order valence-corrected chi connectivity index (χ1v) is 9.93. The van der Waals surface area contributed by atoms with Crippen molar-refractivity contribution < 1.29 is 8.42 Å². The van der Waals surface area contributed by atoms with Crippen LogP contribution in [0.2, 0.25) is 0 Å². The van der Waals surface area contributed by atoms with Crippen molar-refractivity contribution in [3.05, 3.63) is 43.0 Å². The Labute approximate surface area is 169 Å². The Hall–Kier alpha value is -1.09. The lowest BCUT2D eigenvalue weighted by atomic mass is 10.2. The van der Waals surface area contributed by atoms with Crippen LogP contribution >= 0.6 is 24.0 Å². The number of unbranched alkanes of at least 4 members (excludes halogenated alkanes) is 1. The van der Waals surface area contributed by atoms with E-state index in [0.717, 1.165) is 19.4 Å². The molecule has 1 aromatic carbocycles. The lowest BCUT2D eigenvalue weighted by Crippen LogP contribution is -2.47. The molecular formula is C18H30IN3O2S. The number of guanidine groups is 1. The third kappa shape index (κ3) is 8.22. The van der Waals surface area contributed by atoms with E-state index in [-0.39, 0.29) is 35.8 Å². The molecule has 0 aliphatic heterocycles. The van der Waals surface area contributed by atoms with E-state index in [4.69, 9.17) is 0 Å². The largest absolute Gasteiger partial charge is 0.352 e. The molecular weight excluding hydrogens is 449 g/mol. The van der Waals surface area contributed by atoms with E-state index < -0.39 is 9.84 Å². The number of hydrogen-bond donors (Lipinski definition) is 1. The quantitative estimate of drug-likeness (QED) is 0.194. The fourth-order valence-electron chi connectivity index (χ4n) is 2.36. The Kier molecular flexibility index (Phi) is 11.8. The van der Waals surface area contributed by atoms with Crippen LogP contribution in [0.5, 0.6) is 0 Å². The fourth-order valence-corrected chi connectivity index (χ4v) is 3.97. The molecule has 0 radical (unpaired) electrons. The Bertz CT molecular complexity index is 633. The Morgan fingerprint density at radius 1 is 1.36 bits per heavy atom. The average Bonchev–Trinajstić information content (AvgIpc) is 2.59. The predicted octanol–water partition coefficient (Wildman–Crippen LogP) is 3.33. The van der Waals surface area contributed by atoms with Gasteiger partial charge in [0.15, 0.2) is 15.8 Å². The van der Waals surface area contributed by atoms with Crippen LogP contribution in [0.25, 0.3) is 0 Å². The van der Waals surface area contributed by atoms with E-state index in [9.17, 15) is 8.42 Å². The third-order valence-corrected chi connectivity index (χ3v) is 5.66. The second-order valence-electron chi connectivity index (χ2n) is 5.74. The molecule has 5 nitrogen and oxygen atoms in total. The number of allylic oxidation sites excluding steroid dienone is 1. The first-order valence-electron chi connectivity index (χ1n) is 8.27. The molecule has 7 heteroatoms. The molecule has 1 N–H and O–H groups in total. The number of nitrogens with one attached hydrogen (secondary N) is 1. The summed E-state index contributed by atoms with van der Waals surface area (Å²) in [6.07, 6.45) is 4.53. The van der Waals surface area contributed by atoms with Crippen LogP contribution in [0.3, 0.4) is 0 Å². The van der Waals surface area contributed by atoms with Crippen LogP contribution in [0, 0.1) is 0 Å². The Morgan fingerprint density at radius 3 is 2.52 bits per heavy atom. The van der Waals surface area contributed by atoms with E-state index in [1.807, 2.05) is 31.0 Å². The van der Waals surface area contributed by atoms with E-state index in [2.05, 4.69) is 16.9 Å². The van der Waals surface area contributed by atoms with Gasteiger partial charge in [-0.2, -0.15) is 0 Å². The minimum absolute atomic E-state index is 0. The topological polar surface area (TPSA) is 61.8 Å². The number of benzene rings is 1. The smallest absolute Gasteiger partial charge is 0.193 e. The number of aliphatic imine (C=N–C) groups is 1. The van der Waals surface area contributed by atoms with Gasteiger partial charge in [-0.15, -0.1) is 30.6 Å². The summed E-state index contributed by atoms with van der Waals surface area (Å²) < 4.78 is 25.1. The van der Waals surface area contributed by atoms with Crippen molar-refractivity contribution in [3.8, 4) is 0 Å². The highest BCUT2D eigenvalue weighted by Gasteiger charge is 2.21. The lowest BCUT2D eigenvalue weighted by molar-refractivity contribution is 0.456. The molecule has 0 aliphatic carbocycles. The minimum Gasteiger partial charge on any atom is -0.352 e. The van der Waals surface area contributed by atoms with Gasteiger partial charge in [0, 0.05) is 26.7 Å². The molecule has 1 aromatic rings. The van der Waals surface area contributed by atoms with Gasteiger partial charge >= 0.3 is 0 Å². The van der Waals surface area contributed by atoms with Crippen molar-refractivity contribution in [2.24, 2.45) is 4.99 Å². The Morgan fingerprint density at radius 2 is 2.00 bits per heavy atom. The summed E-state index contributed by atoms with van der Waals surface area (Å²) in [6.45, 7) is 6.54. The zero-order chi connectivity index (χ0) is 18.0. The monoisotopic (exact) mass is 479 g/mol. The van der Waals surface area contributed by atoms with Crippen LogP contribution in [-0.4, -0.2) is 51.7 Å². The summed E-state index contributed by atoms with van der Waals surface area (Å²) >= 11 is 0. The average molecular weight is 479 g/mol. The summed E-state index contributed by atoms with van der Waals surface area (Å²) in [5.74, 6) is 0.765. The highest BCUT2D eigenvalue weighted by atomic mass is 127. The van der Waals surface area contributed by atoms with Crippen molar-refractivity contribution in [2.75, 3.05) is 26.4 Å². The van der Waals surface area contributed by atoms with Crippen molar-refractivity contribution in [3.63, 3.8) is 0 Å². The molecule has 1 rings (SSSR count). The van der Waals surface area contributed by atoms with E-state index in [1.54, 1.807) is 31.3 Å². The summed E-state index contributed by atoms with van der Waals surface area (Å²) in [4.78, 5) is 6.64. The molecule has 0 amide bonds. The maximum Gasteiger partial charge on any atom is 0.193 e. The number of halogens is 1. The first kappa shape index (κ1) is 23.9. The van der Waals surface area contributed by atoms with Gasteiger partial charge < -0.3 is 10.2 Å². The van der Waals surface area contributed by atoms with Gasteiger partial charge in [-0.3, -0.25) is 4.99 Å². The second kappa shape index (κ2) is 12.3. The maximum atomic E-state index is 12.5. The predicted molar refractivity (Wildman–Crippen MR) is 117 cm³/mol.